The van der Waals surface area contributed by atoms with Gasteiger partial charge < -0.3 is 0 Å². The lowest BCUT2D eigenvalue weighted by atomic mass is 10.7. The Labute approximate surface area is 232 Å². The molecule has 36 heavy (non-hydrogen) atoms. The van der Waals surface area contributed by atoms with E-state index in [0.29, 0.717) is 0 Å². The summed E-state index contributed by atoms with van der Waals surface area (Å²) in [4.78, 5) is 0. The fourth-order valence-electron chi connectivity index (χ4n) is 5.25. The van der Waals surface area contributed by atoms with Gasteiger partial charge in [0.25, 0.3) is 0 Å². The molecule has 0 aromatic heterocycles. The Hall–Kier alpha value is 0.940. The molecule has 0 saturated heterocycles. The lowest BCUT2D eigenvalue weighted by Gasteiger charge is -2.49. The molecule has 0 heterocycles. The van der Waals surface area contributed by atoms with Crippen molar-refractivity contribution < 1.29 is 0 Å². The summed E-state index contributed by atoms with van der Waals surface area (Å²) < 4.78 is 26.8. The summed E-state index contributed by atoms with van der Waals surface area (Å²) in [6.45, 7) is 38.5. The lowest BCUT2D eigenvalue weighted by Crippen LogP contribution is -2.41. The van der Waals surface area contributed by atoms with Gasteiger partial charge in [-0.3, -0.25) is 0 Å². The molecule has 0 aromatic carbocycles. The first-order valence-electron chi connectivity index (χ1n) is 14.4. The van der Waals surface area contributed by atoms with Crippen LogP contribution in [0.3, 0.4) is 0 Å². The van der Waals surface area contributed by atoms with E-state index >= 15 is 0 Å². The minimum absolute atomic E-state index is 0.948. The van der Waals surface area contributed by atoms with Gasteiger partial charge in [-0.1, -0.05) is 83.1 Å². The molecule has 0 atom stereocenters. The molecule has 8 nitrogen and oxygen atoms in total. The summed E-state index contributed by atoms with van der Waals surface area (Å²) in [6.07, 6.45) is 0. The third-order valence-corrected chi connectivity index (χ3v) is 19.3. The molecule has 0 radical (unpaired) electrons. The molecular formula is C24H60ClN8P3. The van der Waals surface area contributed by atoms with Gasteiger partial charge in [-0.2, -0.15) is 9.03 Å². The van der Waals surface area contributed by atoms with E-state index in [4.69, 9.17) is 20.3 Å². The molecule has 12 heteroatoms. The Kier molecular flexibility index (Phi) is 19.6. The van der Waals surface area contributed by atoms with Crippen LogP contribution < -0.4 is 0 Å². The first kappa shape index (κ1) is 36.9. The van der Waals surface area contributed by atoms with Crippen molar-refractivity contribution in [3.05, 3.63) is 0 Å². The van der Waals surface area contributed by atoms with E-state index in [9.17, 15) is 0 Å². The Morgan fingerprint density at radius 2 is 0.528 bits per heavy atom. The number of halogens is 1. The largest absolute Gasteiger partial charge is 0.246 e. The van der Waals surface area contributed by atoms with Crippen LogP contribution in [0.25, 0.3) is 0 Å². The highest BCUT2D eigenvalue weighted by atomic mass is 35.7. The van der Waals surface area contributed by atoms with Crippen molar-refractivity contribution in [2.24, 2.45) is 9.03 Å². The maximum atomic E-state index is 7.42. The Morgan fingerprint density at radius 3 is 0.639 bits per heavy atom. The summed E-state index contributed by atoms with van der Waals surface area (Å²) >= 11 is 7.42. The van der Waals surface area contributed by atoms with Crippen molar-refractivity contribution in [2.45, 2.75) is 83.1 Å². The first-order valence-corrected chi connectivity index (χ1v) is 19.8. The zero-order chi connectivity index (χ0) is 27.9. The zero-order valence-electron chi connectivity index (χ0n) is 25.8. The van der Waals surface area contributed by atoms with Gasteiger partial charge in [-0.25, -0.2) is 28.0 Å². The van der Waals surface area contributed by atoms with E-state index in [-0.39, 0.29) is 0 Å². The maximum Gasteiger partial charge on any atom is 0.241 e. The third kappa shape index (κ3) is 8.00. The van der Waals surface area contributed by atoms with Crippen LogP contribution in [-0.4, -0.2) is 107 Å². The van der Waals surface area contributed by atoms with E-state index in [1.807, 2.05) is 0 Å². The maximum absolute atomic E-state index is 7.42. The molecule has 0 rings (SSSR count). The van der Waals surface area contributed by atoms with E-state index in [2.05, 4.69) is 111 Å². The van der Waals surface area contributed by atoms with Gasteiger partial charge in [0.1, 0.15) is 0 Å². The normalized spacial score (nSPS) is 13.4. The van der Waals surface area contributed by atoms with Crippen molar-refractivity contribution in [1.82, 2.24) is 28.0 Å². The topological polar surface area (TPSA) is 44.2 Å². The van der Waals surface area contributed by atoms with Crippen molar-refractivity contribution in [3.63, 3.8) is 0 Å². The molecular weight excluding hydrogens is 529 g/mol. The quantitative estimate of drug-likeness (QED) is 0.133. The standard InChI is InChI=1S/C24H60ClN8P3/c1-13-28(14-2)35(29(15-3)16-4,30(17-5)18-6)26-34(25)27-36(31(19-7)20-8,32(21-9)22-10)33(23-11)24-12/h13-24H2,1-12H3. The van der Waals surface area contributed by atoms with Crippen molar-refractivity contribution >= 4 is 33.8 Å². The molecule has 0 spiro atoms. The van der Waals surface area contributed by atoms with E-state index in [1.54, 1.807) is 0 Å². The van der Waals surface area contributed by atoms with Crippen molar-refractivity contribution in [1.29, 1.82) is 0 Å². The molecule has 0 bridgehead atoms. The van der Waals surface area contributed by atoms with Gasteiger partial charge >= 0.3 is 0 Å². The van der Waals surface area contributed by atoms with Crippen LogP contribution in [0.1, 0.15) is 83.1 Å². The average molecular weight is 589 g/mol. The number of nitrogens with zero attached hydrogens (tertiary/aromatic N) is 8. The smallest absolute Gasteiger partial charge is 0.241 e. The van der Waals surface area contributed by atoms with Crippen LogP contribution in [-0.2, 0) is 0 Å². The number of hydrogen-bond donors (Lipinski definition) is 0. The third-order valence-electron chi connectivity index (χ3n) is 7.04. The summed E-state index contributed by atoms with van der Waals surface area (Å²) in [5.41, 5.74) is 0. The summed E-state index contributed by atoms with van der Waals surface area (Å²) in [5.74, 6) is 0. The molecule has 0 aliphatic rings. The summed E-state index contributed by atoms with van der Waals surface area (Å²) in [5, 5.41) is 0. The van der Waals surface area contributed by atoms with Gasteiger partial charge in [0, 0.05) is 78.5 Å². The molecule has 218 valence electrons. The van der Waals surface area contributed by atoms with Crippen LogP contribution in [0.2, 0.25) is 0 Å². The zero-order valence-corrected chi connectivity index (χ0v) is 29.2. The molecule has 0 aliphatic carbocycles. The van der Waals surface area contributed by atoms with Crippen molar-refractivity contribution in [3.8, 4) is 0 Å². The minimum atomic E-state index is -2.22. The number of hydrogen-bond acceptors (Lipinski definition) is 2. The van der Waals surface area contributed by atoms with Crippen LogP contribution in [0, 0.1) is 0 Å². The first-order chi connectivity index (χ1) is 17.2. The Morgan fingerprint density at radius 1 is 0.389 bits per heavy atom. The Balaban J connectivity index is 7.75. The molecule has 0 saturated carbocycles. The van der Waals surface area contributed by atoms with Gasteiger partial charge in [0.05, 0.1) is 0 Å². The molecule has 0 unspecified atom stereocenters. The van der Waals surface area contributed by atoms with Crippen molar-refractivity contribution in [2.75, 3.05) is 78.5 Å². The lowest BCUT2D eigenvalue weighted by molar-refractivity contribution is 0.340. The highest BCUT2D eigenvalue weighted by molar-refractivity contribution is 7.88. The molecule has 0 fully saturated rings. The van der Waals surface area contributed by atoms with Crippen LogP contribution >= 0.6 is 33.8 Å². The predicted molar refractivity (Wildman–Crippen MR) is 169 cm³/mol. The fraction of sp³-hybridized carbons (Fsp3) is 1.00. The minimum Gasteiger partial charge on any atom is -0.246 e. The van der Waals surface area contributed by atoms with Crippen LogP contribution in [0.15, 0.2) is 9.03 Å². The second kappa shape index (κ2) is 19.1. The van der Waals surface area contributed by atoms with E-state index in [0.717, 1.165) is 78.5 Å². The molecule has 0 amide bonds. The second-order valence-electron chi connectivity index (χ2n) is 8.33. The van der Waals surface area contributed by atoms with Gasteiger partial charge in [-0.05, 0) is 11.2 Å². The van der Waals surface area contributed by atoms with E-state index in [1.165, 1.54) is 0 Å². The van der Waals surface area contributed by atoms with E-state index < -0.39 is 22.6 Å². The highest BCUT2D eigenvalue weighted by Crippen LogP contribution is 2.72. The molecule has 0 aliphatic heterocycles. The Bertz CT molecular complexity index is 540. The van der Waals surface area contributed by atoms with Gasteiger partial charge in [0.15, 0.2) is 15.0 Å². The SMILES string of the molecule is CCN(CC)P(=NP(Cl)N=P(N(CC)CC)(N(CC)CC)N(CC)CC)(N(CC)CC)N(CC)CC. The molecule has 0 aromatic rings. The average Bonchev–Trinajstić information content (AvgIpc) is 2.88. The van der Waals surface area contributed by atoms with Crippen LogP contribution in [0.4, 0.5) is 0 Å². The summed E-state index contributed by atoms with van der Waals surface area (Å²) in [7, 11) is -5.89. The monoisotopic (exact) mass is 588 g/mol. The second-order valence-corrected chi connectivity index (χ2v) is 16.7. The van der Waals surface area contributed by atoms with Gasteiger partial charge in [-0.15, -0.1) is 0 Å². The van der Waals surface area contributed by atoms with Crippen LogP contribution in [0.5, 0.6) is 0 Å². The van der Waals surface area contributed by atoms with Gasteiger partial charge in [0.2, 0.25) is 7.58 Å². The fourth-order valence-corrected chi connectivity index (χ4v) is 18.3. The molecule has 0 N–H and O–H groups in total. The predicted octanol–water partition coefficient (Wildman–Crippen LogP) is 8.40. The summed E-state index contributed by atoms with van der Waals surface area (Å²) in [6, 6.07) is 0. The number of rotatable bonds is 20. The highest BCUT2D eigenvalue weighted by Gasteiger charge is 2.41.